The fourth-order valence-electron chi connectivity index (χ4n) is 1.35. The van der Waals surface area contributed by atoms with E-state index in [2.05, 4.69) is 9.30 Å². The van der Waals surface area contributed by atoms with Crippen LogP contribution in [0.5, 0.6) is 0 Å². The standard InChI is InChI=1S/C8H15N2O.C6H12O4/c1-3-11-7-6-10-5-4-9(2)8-10;1-9-4-5-10-3-2-6(7)8/h4-5,8H,3,6-7H2,1-2H3;2-5H2,1H3,(H,7,8)/q+1;/p-1. The van der Waals surface area contributed by atoms with Crippen molar-refractivity contribution in [2.45, 2.75) is 19.9 Å². The molecule has 21 heavy (non-hydrogen) atoms. The molecule has 0 fully saturated rings. The van der Waals surface area contributed by atoms with Gasteiger partial charge in [0.05, 0.1) is 33.5 Å². The number of carboxylic acids is 1. The second-order valence-corrected chi connectivity index (χ2v) is 4.24. The molecular weight excluding hydrogens is 276 g/mol. The number of methoxy groups -OCH3 is 1. The van der Waals surface area contributed by atoms with Crippen molar-refractivity contribution in [1.29, 1.82) is 0 Å². The van der Waals surface area contributed by atoms with Gasteiger partial charge in [-0.1, -0.05) is 0 Å². The van der Waals surface area contributed by atoms with Crippen molar-refractivity contribution in [2.24, 2.45) is 7.05 Å². The van der Waals surface area contributed by atoms with E-state index in [9.17, 15) is 9.90 Å². The van der Waals surface area contributed by atoms with E-state index >= 15 is 0 Å². The number of carbonyl (C=O) groups is 1. The molecule has 7 heteroatoms. The zero-order valence-electron chi connectivity index (χ0n) is 13.1. The predicted octanol–water partition coefficient (Wildman–Crippen LogP) is -0.861. The van der Waals surface area contributed by atoms with Gasteiger partial charge in [0.15, 0.2) is 0 Å². The van der Waals surface area contributed by atoms with E-state index in [1.807, 2.05) is 37.3 Å². The lowest BCUT2D eigenvalue weighted by Crippen LogP contribution is -2.24. The second-order valence-electron chi connectivity index (χ2n) is 4.24. The Balaban J connectivity index is 0.000000384. The van der Waals surface area contributed by atoms with Crippen LogP contribution >= 0.6 is 0 Å². The average molecular weight is 302 g/mol. The maximum atomic E-state index is 9.81. The van der Waals surface area contributed by atoms with Crippen molar-refractivity contribution in [2.75, 3.05) is 40.1 Å². The SMILES string of the molecule is CCOCCn1cc[n+](C)c1.COCCOCCC(=O)[O-]. The Morgan fingerprint density at radius 1 is 1.24 bits per heavy atom. The summed E-state index contributed by atoms with van der Waals surface area (Å²) >= 11 is 0. The number of aryl methyl sites for hydroxylation is 1. The number of aromatic nitrogens is 2. The molecule has 1 aromatic heterocycles. The Kier molecular flexibility index (Phi) is 12.6. The van der Waals surface area contributed by atoms with E-state index in [1.165, 1.54) is 0 Å². The summed E-state index contributed by atoms with van der Waals surface area (Å²) in [6, 6.07) is 0. The van der Waals surface area contributed by atoms with Gasteiger partial charge in [0.2, 0.25) is 6.33 Å². The van der Waals surface area contributed by atoms with E-state index in [4.69, 9.17) is 9.47 Å². The van der Waals surface area contributed by atoms with Crippen molar-refractivity contribution >= 4 is 5.97 Å². The van der Waals surface area contributed by atoms with Gasteiger partial charge in [0.1, 0.15) is 18.9 Å². The van der Waals surface area contributed by atoms with Gasteiger partial charge < -0.3 is 24.1 Å². The summed E-state index contributed by atoms with van der Waals surface area (Å²) in [6.45, 7) is 5.67. The van der Waals surface area contributed by atoms with Gasteiger partial charge >= 0.3 is 0 Å². The molecule has 0 saturated carbocycles. The highest BCUT2D eigenvalue weighted by Crippen LogP contribution is 1.84. The van der Waals surface area contributed by atoms with E-state index < -0.39 is 5.97 Å². The molecule has 0 aliphatic rings. The largest absolute Gasteiger partial charge is 0.550 e. The minimum Gasteiger partial charge on any atom is -0.550 e. The molecule has 0 amide bonds. The molecular formula is C14H26N2O5. The summed E-state index contributed by atoms with van der Waals surface area (Å²) < 4.78 is 18.8. The first kappa shape index (κ1) is 19.6. The fraction of sp³-hybridized carbons (Fsp3) is 0.714. The molecule has 0 aliphatic carbocycles. The zero-order chi connectivity index (χ0) is 15.9. The van der Waals surface area contributed by atoms with Crippen LogP contribution in [0.1, 0.15) is 13.3 Å². The monoisotopic (exact) mass is 302 g/mol. The van der Waals surface area contributed by atoms with Crippen molar-refractivity contribution in [1.82, 2.24) is 4.57 Å². The first-order valence-corrected chi connectivity index (χ1v) is 6.95. The fourth-order valence-corrected chi connectivity index (χ4v) is 1.35. The van der Waals surface area contributed by atoms with Crippen LogP contribution in [0.2, 0.25) is 0 Å². The molecule has 7 nitrogen and oxygen atoms in total. The number of carbonyl (C=O) groups excluding carboxylic acids is 1. The summed E-state index contributed by atoms with van der Waals surface area (Å²) in [5.74, 6) is -1.09. The maximum Gasteiger partial charge on any atom is 0.243 e. The molecule has 122 valence electrons. The van der Waals surface area contributed by atoms with Crippen LogP contribution in [0, 0.1) is 0 Å². The first-order valence-electron chi connectivity index (χ1n) is 6.95. The molecule has 0 radical (unpaired) electrons. The normalized spacial score (nSPS) is 10.0. The molecule has 0 N–H and O–H groups in total. The summed E-state index contributed by atoms with van der Waals surface area (Å²) in [6.07, 6.45) is 6.05. The minimum atomic E-state index is -1.09. The highest BCUT2D eigenvalue weighted by molar-refractivity contribution is 5.64. The van der Waals surface area contributed by atoms with E-state index in [1.54, 1.807) is 7.11 Å². The first-order chi connectivity index (χ1) is 10.1. The highest BCUT2D eigenvalue weighted by atomic mass is 16.5. The van der Waals surface area contributed by atoms with E-state index in [-0.39, 0.29) is 13.0 Å². The third-order valence-corrected chi connectivity index (χ3v) is 2.40. The highest BCUT2D eigenvalue weighted by Gasteiger charge is 1.97. The Morgan fingerprint density at radius 3 is 2.52 bits per heavy atom. The van der Waals surface area contributed by atoms with Crippen molar-refractivity contribution in [3.63, 3.8) is 0 Å². The molecule has 0 unspecified atom stereocenters. The van der Waals surface area contributed by atoms with Crippen LogP contribution in [-0.2, 0) is 32.6 Å². The number of nitrogens with zero attached hydrogens (tertiary/aromatic N) is 2. The maximum absolute atomic E-state index is 9.81. The van der Waals surface area contributed by atoms with Gasteiger partial charge in [-0.05, 0) is 6.92 Å². The Morgan fingerprint density at radius 2 is 2.00 bits per heavy atom. The number of hydrogen-bond acceptors (Lipinski definition) is 5. The van der Waals surface area contributed by atoms with Gasteiger partial charge in [-0.2, -0.15) is 0 Å². The van der Waals surface area contributed by atoms with Crippen LogP contribution in [0.4, 0.5) is 0 Å². The lowest BCUT2D eigenvalue weighted by Gasteiger charge is -2.02. The molecule has 0 saturated heterocycles. The zero-order valence-corrected chi connectivity index (χ0v) is 13.1. The Labute approximate surface area is 126 Å². The van der Waals surface area contributed by atoms with E-state index in [0.717, 1.165) is 19.8 Å². The number of ether oxygens (including phenoxy) is 3. The van der Waals surface area contributed by atoms with Gasteiger partial charge in [-0.25, -0.2) is 9.13 Å². The molecule has 1 rings (SSSR count). The summed E-state index contributed by atoms with van der Waals surface area (Å²) in [7, 11) is 3.57. The molecule has 0 atom stereocenters. The summed E-state index contributed by atoms with van der Waals surface area (Å²) in [5.41, 5.74) is 0. The number of hydrogen-bond donors (Lipinski definition) is 0. The van der Waals surface area contributed by atoms with Crippen LogP contribution in [0.15, 0.2) is 18.7 Å². The molecule has 0 aliphatic heterocycles. The van der Waals surface area contributed by atoms with Gasteiger partial charge in [0, 0.05) is 26.1 Å². The minimum absolute atomic E-state index is 0.0519. The van der Waals surface area contributed by atoms with Crippen molar-refractivity contribution in [3.05, 3.63) is 18.7 Å². The number of carboxylic acid groups (broad SMARTS) is 1. The topological polar surface area (TPSA) is 76.6 Å². The number of rotatable bonds is 10. The lowest BCUT2D eigenvalue weighted by atomic mass is 10.5. The van der Waals surface area contributed by atoms with Crippen LogP contribution in [-0.4, -0.2) is 50.7 Å². The number of imidazole rings is 1. The van der Waals surface area contributed by atoms with Crippen molar-refractivity contribution in [3.8, 4) is 0 Å². The second kappa shape index (κ2) is 13.5. The molecule has 1 aromatic rings. The third-order valence-electron chi connectivity index (χ3n) is 2.40. The van der Waals surface area contributed by atoms with Crippen LogP contribution in [0.25, 0.3) is 0 Å². The van der Waals surface area contributed by atoms with Gasteiger partial charge in [0.25, 0.3) is 0 Å². The average Bonchev–Trinajstić information content (AvgIpc) is 2.85. The Hall–Kier alpha value is -1.44. The van der Waals surface area contributed by atoms with E-state index in [0.29, 0.717) is 13.2 Å². The Bertz CT molecular complexity index is 368. The van der Waals surface area contributed by atoms with Gasteiger partial charge in [-0.3, -0.25) is 0 Å². The summed E-state index contributed by atoms with van der Waals surface area (Å²) in [4.78, 5) is 9.81. The quantitative estimate of drug-likeness (QED) is 0.415. The molecule has 0 bridgehead atoms. The third kappa shape index (κ3) is 13.3. The lowest BCUT2D eigenvalue weighted by molar-refractivity contribution is -0.671. The predicted molar refractivity (Wildman–Crippen MR) is 74.4 cm³/mol. The molecule has 0 aromatic carbocycles. The van der Waals surface area contributed by atoms with Crippen LogP contribution < -0.4 is 9.67 Å². The molecule has 0 spiro atoms. The summed E-state index contributed by atoms with van der Waals surface area (Å²) in [5, 5.41) is 9.81. The van der Waals surface area contributed by atoms with Gasteiger partial charge in [-0.15, -0.1) is 0 Å². The number of aliphatic carboxylic acids is 1. The van der Waals surface area contributed by atoms with Crippen LogP contribution in [0.3, 0.4) is 0 Å². The smallest absolute Gasteiger partial charge is 0.243 e. The molecule has 1 heterocycles. The van der Waals surface area contributed by atoms with Crippen molar-refractivity contribution < 1.29 is 28.7 Å².